The Labute approximate surface area is 90.7 Å². The molecule has 81 valence electrons. The molecule has 0 saturated carbocycles. The molecule has 15 heavy (non-hydrogen) atoms. The molecule has 1 atom stereocenters. The number of hydrogen-bond donors (Lipinski definition) is 0. The van der Waals surface area contributed by atoms with Crippen LogP contribution in [0.4, 0.5) is 0 Å². The van der Waals surface area contributed by atoms with Crippen molar-refractivity contribution in [2.75, 3.05) is 6.54 Å². The summed E-state index contributed by atoms with van der Waals surface area (Å²) in [6.07, 6.45) is -0.229. The molecule has 0 aromatic heterocycles. The van der Waals surface area contributed by atoms with Crippen molar-refractivity contribution in [2.24, 2.45) is 0 Å². The lowest BCUT2D eigenvalue weighted by Gasteiger charge is -2.25. The van der Waals surface area contributed by atoms with E-state index in [1.165, 1.54) is 12.0 Å². The largest absolute Gasteiger partial charge is 0.438 e. The van der Waals surface area contributed by atoms with Crippen LogP contribution in [-0.4, -0.2) is 24.1 Å². The maximum absolute atomic E-state index is 10.1. The van der Waals surface area contributed by atoms with Crippen molar-refractivity contribution in [3.05, 3.63) is 35.9 Å². The van der Waals surface area contributed by atoms with Crippen LogP contribution in [0.3, 0.4) is 0 Å². The molecule has 1 aromatic rings. The Morgan fingerprint density at radius 1 is 1.40 bits per heavy atom. The van der Waals surface area contributed by atoms with Gasteiger partial charge in [0.1, 0.15) is 0 Å². The van der Waals surface area contributed by atoms with Crippen LogP contribution in [0.25, 0.3) is 0 Å². The van der Waals surface area contributed by atoms with E-state index in [4.69, 9.17) is 4.74 Å². The Morgan fingerprint density at radius 2 is 2.07 bits per heavy atom. The number of ether oxygens (including phenoxy) is 1. The van der Waals surface area contributed by atoms with Gasteiger partial charge in [0.2, 0.25) is 0 Å². The second-order valence-electron chi connectivity index (χ2n) is 3.35. The molecule has 1 aromatic carbocycles. The molecule has 3 nitrogen and oxygen atoms in total. The summed E-state index contributed by atoms with van der Waals surface area (Å²) in [5, 5.41) is 0. The predicted molar refractivity (Wildman–Crippen MR) is 58.8 cm³/mol. The van der Waals surface area contributed by atoms with Crippen molar-refractivity contribution < 1.29 is 9.53 Å². The SMILES string of the molecule is CCN(Cc1ccccc1)C(C)O[C]=O. The van der Waals surface area contributed by atoms with E-state index < -0.39 is 0 Å². The van der Waals surface area contributed by atoms with Crippen LogP contribution < -0.4 is 0 Å². The zero-order valence-corrected chi connectivity index (χ0v) is 9.14. The van der Waals surface area contributed by atoms with E-state index in [2.05, 4.69) is 17.0 Å². The van der Waals surface area contributed by atoms with Crippen LogP contribution in [0.15, 0.2) is 30.3 Å². The molecule has 1 unspecified atom stereocenters. The minimum absolute atomic E-state index is 0.229. The lowest BCUT2D eigenvalue weighted by molar-refractivity contribution is 0.0252. The molecule has 0 N–H and O–H groups in total. The minimum Gasteiger partial charge on any atom is -0.438 e. The molecular formula is C12H16NO2. The van der Waals surface area contributed by atoms with E-state index in [0.717, 1.165) is 13.1 Å². The van der Waals surface area contributed by atoms with Crippen molar-refractivity contribution in [2.45, 2.75) is 26.6 Å². The van der Waals surface area contributed by atoms with E-state index in [9.17, 15) is 4.79 Å². The van der Waals surface area contributed by atoms with Crippen LogP contribution in [0, 0.1) is 0 Å². The summed E-state index contributed by atoms with van der Waals surface area (Å²) in [6, 6.07) is 10.1. The number of nitrogens with zero attached hydrogens (tertiary/aromatic N) is 1. The maximum atomic E-state index is 10.1. The molecule has 1 radical (unpaired) electrons. The second-order valence-corrected chi connectivity index (χ2v) is 3.35. The molecule has 1 rings (SSSR count). The molecule has 0 aliphatic carbocycles. The molecule has 0 bridgehead atoms. The van der Waals surface area contributed by atoms with Gasteiger partial charge in [-0.1, -0.05) is 37.3 Å². The highest BCUT2D eigenvalue weighted by molar-refractivity contribution is 5.38. The Kier molecular flexibility index (Phi) is 4.84. The zero-order chi connectivity index (χ0) is 11.1. The summed E-state index contributed by atoms with van der Waals surface area (Å²) in [7, 11) is 0. The highest BCUT2D eigenvalue weighted by atomic mass is 16.5. The normalized spacial score (nSPS) is 12.5. The molecule has 3 heteroatoms. The van der Waals surface area contributed by atoms with E-state index in [0.29, 0.717) is 0 Å². The van der Waals surface area contributed by atoms with Gasteiger partial charge < -0.3 is 4.74 Å². The smallest absolute Gasteiger partial charge is 0.419 e. The van der Waals surface area contributed by atoms with E-state index in [1.54, 1.807) is 0 Å². The topological polar surface area (TPSA) is 29.5 Å². The first kappa shape index (κ1) is 11.7. The van der Waals surface area contributed by atoms with Crippen LogP contribution >= 0.6 is 0 Å². The summed E-state index contributed by atoms with van der Waals surface area (Å²) in [4.78, 5) is 12.2. The third-order valence-electron chi connectivity index (χ3n) is 2.37. The summed E-state index contributed by atoms with van der Waals surface area (Å²) < 4.78 is 4.79. The van der Waals surface area contributed by atoms with Gasteiger partial charge in [-0.3, -0.25) is 4.90 Å². The summed E-state index contributed by atoms with van der Waals surface area (Å²) >= 11 is 0. The summed E-state index contributed by atoms with van der Waals surface area (Å²) in [6.45, 7) is 6.97. The molecule has 0 heterocycles. The molecule has 0 spiro atoms. The van der Waals surface area contributed by atoms with Crippen molar-refractivity contribution in [1.29, 1.82) is 0 Å². The second kappa shape index (κ2) is 6.19. The summed E-state index contributed by atoms with van der Waals surface area (Å²) in [5.74, 6) is 0. The van der Waals surface area contributed by atoms with Crippen molar-refractivity contribution in [3.8, 4) is 0 Å². The predicted octanol–water partition coefficient (Wildman–Crippen LogP) is 1.94. The zero-order valence-electron chi connectivity index (χ0n) is 9.14. The highest BCUT2D eigenvalue weighted by Crippen LogP contribution is 2.07. The van der Waals surface area contributed by atoms with Gasteiger partial charge in [-0.2, -0.15) is 0 Å². The van der Waals surface area contributed by atoms with Gasteiger partial charge in [0.25, 0.3) is 0 Å². The van der Waals surface area contributed by atoms with Gasteiger partial charge in [0.05, 0.1) is 0 Å². The lowest BCUT2D eigenvalue weighted by Crippen LogP contribution is -2.34. The van der Waals surface area contributed by atoms with Gasteiger partial charge in [-0.05, 0) is 19.0 Å². The number of carbonyl (C=O) groups excluding carboxylic acids is 1. The Balaban J connectivity index is 2.57. The summed E-state index contributed by atoms with van der Waals surface area (Å²) in [5.41, 5.74) is 1.21. The van der Waals surface area contributed by atoms with Gasteiger partial charge >= 0.3 is 6.47 Å². The Morgan fingerprint density at radius 3 is 2.60 bits per heavy atom. The minimum atomic E-state index is -0.229. The maximum Gasteiger partial charge on any atom is 0.419 e. The lowest BCUT2D eigenvalue weighted by atomic mass is 10.2. The fourth-order valence-corrected chi connectivity index (χ4v) is 1.46. The molecule has 0 aliphatic heterocycles. The average Bonchev–Trinajstić information content (AvgIpc) is 2.27. The van der Waals surface area contributed by atoms with Gasteiger partial charge in [-0.15, -0.1) is 0 Å². The van der Waals surface area contributed by atoms with Gasteiger partial charge in [0.15, 0.2) is 6.23 Å². The molecule has 0 fully saturated rings. The van der Waals surface area contributed by atoms with Crippen molar-refractivity contribution in [1.82, 2.24) is 4.90 Å². The number of rotatable bonds is 6. The van der Waals surface area contributed by atoms with Crippen LogP contribution in [0.5, 0.6) is 0 Å². The van der Waals surface area contributed by atoms with Crippen LogP contribution in [0.2, 0.25) is 0 Å². The van der Waals surface area contributed by atoms with Gasteiger partial charge in [0, 0.05) is 6.54 Å². The average molecular weight is 206 g/mol. The first-order valence-corrected chi connectivity index (χ1v) is 5.08. The Hall–Kier alpha value is -1.35. The third-order valence-corrected chi connectivity index (χ3v) is 2.37. The van der Waals surface area contributed by atoms with E-state index in [-0.39, 0.29) is 6.23 Å². The standard InChI is InChI=1S/C12H16NO2/c1-3-13(11(2)15-10-14)9-12-7-5-4-6-8-12/h4-8,11H,3,9H2,1-2H3. The van der Waals surface area contributed by atoms with Crippen molar-refractivity contribution in [3.63, 3.8) is 0 Å². The third kappa shape index (κ3) is 3.72. The molecule has 0 saturated heterocycles. The fraction of sp³-hybridized carbons (Fsp3) is 0.417. The number of hydrogen-bond acceptors (Lipinski definition) is 3. The monoisotopic (exact) mass is 206 g/mol. The van der Waals surface area contributed by atoms with Gasteiger partial charge in [-0.25, -0.2) is 4.79 Å². The number of benzene rings is 1. The fourth-order valence-electron chi connectivity index (χ4n) is 1.46. The Bertz CT molecular complexity index is 287. The first-order chi connectivity index (χ1) is 7.27. The molecule has 0 amide bonds. The van der Waals surface area contributed by atoms with Crippen molar-refractivity contribution >= 4 is 6.47 Å². The molecule has 0 aliphatic rings. The first-order valence-electron chi connectivity index (χ1n) is 5.08. The molecular weight excluding hydrogens is 190 g/mol. The highest BCUT2D eigenvalue weighted by Gasteiger charge is 2.12. The van der Waals surface area contributed by atoms with Crippen LogP contribution in [0.1, 0.15) is 19.4 Å². The van der Waals surface area contributed by atoms with E-state index in [1.807, 2.05) is 32.0 Å². The van der Waals surface area contributed by atoms with E-state index >= 15 is 0 Å². The quantitative estimate of drug-likeness (QED) is 0.666. The van der Waals surface area contributed by atoms with Crippen LogP contribution in [-0.2, 0) is 16.1 Å².